The number of carbonyl (C=O) groups excluding carboxylic acids is 1. The fraction of sp³-hybridized carbons (Fsp3) is 0.409. The highest BCUT2D eigenvalue weighted by molar-refractivity contribution is 7.15. The topological polar surface area (TPSA) is 81.5 Å². The largest absolute Gasteiger partial charge is 0.493 e. The van der Waals surface area contributed by atoms with E-state index in [0.717, 1.165) is 28.4 Å². The minimum Gasteiger partial charge on any atom is -0.493 e. The van der Waals surface area contributed by atoms with E-state index in [2.05, 4.69) is 26.4 Å². The maximum absolute atomic E-state index is 12.4. The zero-order chi connectivity index (χ0) is 22.5. The minimum atomic E-state index is -0.171. The summed E-state index contributed by atoms with van der Waals surface area (Å²) < 4.78 is 13.6. The molecule has 1 aliphatic rings. The molecule has 8 nitrogen and oxygen atoms in total. The average Bonchev–Trinajstić information content (AvgIpc) is 3.34. The minimum absolute atomic E-state index is 0.0685. The van der Waals surface area contributed by atoms with Crippen LogP contribution in [-0.4, -0.2) is 58.4 Å². The molecule has 1 aliphatic heterocycles. The molecule has 1 aromatic carbocycles. The second-order valence-corrected chi connectivity index (χ2v) is 9.33. The maximum atomic E-state index is 12.4. The molecule has 4 rings (SSSR count). The zero-order valence-corrected chi connectivity index (χ0v) is 19.7. The number of aromatic nitrogens is 3. The SMILES string of the molecule is Cc1cnc(NC(=O)CN2CCOC(c3cc(CCOc4ccc(Cl)cc4)n(C)n3)C2)s1. The lowest BCUT2D eigenvalue weighted by molar-refractivity contribution is -0.119. The van der Waals surface area contributed by atoms with E-state index in [-0.39, 0.29) is 12.0 Å². The van der Waals surface area contributed by atoms with Gasteiger partial charge in [0.2, 0.25) is 5.91 Å². The van der Waals surface area contributed by atoms with Crippen LogP contribution in [0.3, 0.4) is 0 Å². The quantitative estimate of drug-likeness (QED) is 0.537. The Kier molecular flexibility index (Phi) is 7.41. The summed E-state index contributed by atoms with van der Waals surface area (Å²) in [6.45, 7) is 4.67. The summed E-state index contributed by atoms with van der Waals surface area (Å²) in [7, 11) is 1.92. The maximum Gasteiger partial charge on any atom is 0.240 e. The summed E-state index contributed by atoms with van der Waals surface area (Å²) in [4.78, 5) is 19.7. The smallest absolute Gasteiger partial charge is 0.240 e. The van der Waals surface area contributed by atoms with E-state index in [1.54, 1.807) is 6.20 Å². The van der Waals surface area contributed by atoms with Crippen LogP contribution in [0.25, 0.3) is 0 Å². The summed E-state index contributed by atoms with van der Waals surface area (Å²) in [6, 6.07) is 9.38. The zero-order valence-electron chi connectivity index (χ0n) is 18.1. The van der Waals surface area contributed by atoms with Crippen LogP contribution < -0.4 is 10.1 Å². The molecule has 1 unspecified atom stereocenters. The molecule has 0 aliphatic carbocycles. The van der Waals surface area contributed by atoms with Gasteiger partial charge in [0.15, 0.2) is 5.13 Å². The molecule has 0 bridgehead atoms. The number of anilines is 1. The molecule has 1 saturated heterocycles. The Morgan fingerprint density at radius 1 is 1.38 bits per heavy atom. The van der Waals surface area contributed by atoms with Gasteiger partial charge in [-0.25, -0.2) is 4.98 Å². The van der Waals surface area contributed by atoms with Gasteiger partial charge in [0.25, 0.3) is 0 Å². The molecule has 1 N–H and O–H groups in total. The molecule has 32 heavy (non-hydrogen) atoms. The lowest BCUT2D eigenvalue weighted by Gasteiger charge is -2.31. The highest BCUT2D eigenvalue weighted by atomic mass is 35.5. The van der Waals surface area contributed by atoms with Crippen LogP contribution >= 0.6 is 22.9 Å². The van der Waals surface area contributed by atoms with E-state index in [9.17, 15) is 4.79 Å². The van der Waals surface area contributed by atoms with Crippen molar-refractivity contribution in [2.24, 2.45) is 7.05 Å². The van der Waals surface area contributed by atoms with E-state index in [4.69, 9.17) is 21.1 Å². The summed E-state index contributed by atoms with van der Waals surface area (Å²) in [5, 5.41) is 8.82. The number of morpholine rings is 1. The highest BCUT2D eigenvalue weighted by Gasteiger charge is 2.26. The van der Waals surface area contributed by atoms with Crippen LogP contribution in [-0.2, 0) is 23.0 Å². The van der Waals surface area contributed by atoms with Crippen molar-refractivity contribution >= 4 is 34.0 Å². The third-order valence-electron chi connectivity index (χ3n) is 5.15. The number of halogens is 1. The number of thiazole rings is 1. The van der Waals surface area contributed by atoms with Crippen molar-refractivity contribution in [3.63, 3.8) is 0 Å². The standard InChI is InChI=1S/C22H26ClN5O3S/c1-15-12-24-22(32-15)25-21(29)14-28-8-10-31-20(13-28)19-11-17(27(2)26-19)7-9-30-18-5-3-16(23)4-6-18/h3-6,11-12,20H,7-10,13-14H2,1-2H3,(H,24,25,29). The van der Waals surface area contributed by atoms with Gasteiger partial charge in [0, 0.05) is 48.3 Å². The second kappa shape index (κ2) is 10.4. The summed E-state index contributed by atoms with van der Waals surface area (Å²) in [5.74, 6) is 0.718. The Labute approximate surface area is 196 Å². The number of hydrogen-bond acceptors (Lipinski definition) is 7. The van der Waals surface area contributed by atoms with Crippen molar-refractivity contribution in [1.82, 2.24) is 19.7 Å². The molecule has 3 heterocycles. The van der Waals surface area contributed by atoms with Crippen LogP contribution in [0, 0.1) is 6.92 Å². The van der Waals surface area contributed by atoms with Crippen molar-refractivity contribution in [2.45, 2.75) is 19.4 Å². The highest BCUT2D eigenvalue weighted by Crippen LogP contribution is 2.23. The number of hydrogen-bond donors (Lipinski definition) is 1. The van der Waals surface area contributed by atoms with E-state index < -0.39 is 0 Å². The predicted octanol–water partition coefficient (Wildman–Crippen LogP) is 3.47. The van der Waals surface area contributed by atoms with Gasteiger partial charge in [0.1, 0.15) is 11.9 Å². The number of aryl methyl sites for hydroxylation is 2. The first-order valence-corrected chi connectivity index (χ1v) is 11.6. The van der Waals surface area contributed by atoms with Crippen LogP contribution in [0.1, 0.15) is 22.4 Å². The molecule has 2 aromatic heterocycles. The van der Waals surface area contributed by atoms with Gasteiger partial charge in [-0.05, 0) is 37.3 Å². The van der Waals surface area contributed by atoms with Gasteiger partial charge in [-0.2, -0.15) is 5.10 Å². The number of nitrogens with zero attached hydrogens (tertiary/aromatic N) is 4. The first-order valence-electron chi connectivity index (χ1n) is 10.4. The van der Waals surface area contributed by atoms with Gasteiger partial charge >= 0.3 is 0 Å². The Hall–Kier alpha value is -2.46. The number of carbonyl (C=O) groups is 1. The monoisotopic (exact) mass is 475 g/mol. The number of benzene rings is 1. The second-order valence-electron chi connectivity index (χ2n) is 7.66. The molecule has 10 heteroatoms. The lowest BCUT2D eigenvalue weighted by Crippen LogP contribution is -2.42. The number of nitrogens with one attached hydrogen (secondary N) is 1. The molecule has 1 fully saturated rings. The average molecular weight is 476 g/mol. The van der Waals surface area contributed by atoms with E-state index in [0.29, 0.717) is 43.0 Å². The Morgan fingerprint density at radius 3 is 2.94 bits per heavy atom. The van der Waals surface area contributed by atoms with Crippen LogP contribution in [0.2, 0.25) is 5.02 Å². The van der Waals surface area contributed by atoms with E-state index >= 15 is 0 Å². The number of ether oxygens (including phenoxy) is 2. The Bertz CT molecular complexity index is 1050. The first kappa shape index (κ1) is 22.7. The Balaban J connectivity index is 1.29. The summed E-state index contributed by atoms with van der Waals surface area (Å²) in [5.41, 5.74) is 1.93. The summed E-state index contributed by atoms with van der Waals surface area (Å²) in [6.07, 6.45) is 2.30. The van der Waals surface area contributed by atoms with Gasteiger partial charge in [-0.1, -0.05) is 11.6 Å². The number of rotatable bonds is 8. The third kappa shape index (κ3) is 6.07. The molecular weight excluding hydrogens is 450 g/mol. The van der Waals surface area contributed by atoms with Crippen LogP contribution in [0.4, 0.5) is 5.13 Å². The van der Waals surface area contributed by atoms with Crippen molar-refractivity contribution in [3.8, 4) is 5.75 Å². The predicted molar refractivity (Wildman–Crippen MR) is 124 cm³/mol. The van der Waals surface area contributed by atoms with Gasteiger partial charge in [-0.3, -0.25) is 14.4 Å². The van der Waals surface area contributed by atoms with Gasteiger partial charge < -0.3 is 14.8 Å². The molecule has 1 amide bonds. The first-order chi connectivity index (χ1) is 15.5. The molecule has 0 radical (unpaired) electrons. The fourth-order valence-electron chi connectivity index (χ4n) is 3.53. The lowest BCUT2D eigenvalue weighted by atomic mass is 10.2. The van der Waals surface area contributed by atoms with Crippen molar-refractivity contribution in [2.75, 3.05) is 38.2 Å². The van der Waals surface area contributed by atoms with E-state index in [1.807, 2.05) is 42.9 Å². The summed E-state index contributed by atoms with van der Waals surface area (Å²) >= 11 is 7.38. The van der Waals surface area contributed by atoms with Crippen LogP contribution in [0.15, 0.2) is 36.5 Å². The molecule has 0 saturated carbocycles. The molecule has 1 atom stereocenters. The van der Waals surface area contributed by atoms with E-state index in [1.165, 1.54) is 11.3 Å². The molecule has 3 aromatic rings. The molecular formula is C22H26ClN5O3S. The fourth-order valence-corrected chi connectivity index (χ4v) is 4.33. The number of amides is 1. The molecule has 0 spiro atoms. The third-order valence-corrected chi connectivity index (χ3v) is 6.23. The van der Waals surface area contributed by atoms with Gasteiger partial charge in [0.05, 0.1) is 25.5 Å². The van der Waals surface area contributed by atoms with Crippen molar-refractivity contribution in [3.05, 3.63) is 57.8 Å². The Morgan fingerprint density at radius 2 is 2.19 bits per heavy atom. The van der Waals surface area contributed by atoms with Crippen LogP contribution in [0.5, 0.6) is 5.75 Å². The van der Waals surface area contributed by atoms with Gasteiger partial charge in [-0.15, -0.1) is 11.3 Å². The van der Waals surface area contributed by atoms with Crippen molar-refractivity contribution < 1.29 is 14.3 Å². The van der Waals surface area contributed by atoms with Crippen molar-refractivity contribution in [1.29, 1.82) is 0 Å². The molecule has 170 valence electrons. The normalized spacial score (nSPS) is 16.8.